The highest BCUT2D eigenvalue weighted by atomic mass is 16.5. The molecule has 134 valence electrons. The molecular weight excluding hydrogens is 302 g/mol. The second-order valence-electron chi connectivity index (χ2n) is 6.23. The van der Waals surface area contributed by atoms with Crippen LogP contribution >= 0.6 is 0 Å². The van der Waals surface area contributed by atoms with Crippen molar-refractivity contribution in [2.75, 3.05) is 40.0 Å². The Morgan fingerprint density at radius 2 is 2.00 bits per heavy atom. The molecule has 1 heterocycles. The van der Waals surface area contributed by atoms with Crippen molar-refractivity contribution in [2.45, 2.75) is 38.2 Å². The topological polar surface area (TPSA) is 54.9 Å². The Morgan fingerprint density at radius 1 is 1.25 bits per heavy atom. The lowest BCUT2D eigenvalue weighted by Gasteiger charge is -2.22. The third-order valence-corrected chi connectivity index (χ3v) is 4.30. The van der Waals surface area contributed by atoms with Crippen LogP contribution in [-0.4, -0.2) is 52.0 Å². The summed E-state index contributed by atoms with van der Waals surface area (Å²) in [5, 5.41) is 6.74. The Labute approximate surface area is 145 Å². The molecular formula is C19H31N3O2. The van der Waals surface area contributed by atoms with Crippen LogP contribution < -0.4 is 10.6 Å². The highest BCUT2D eigenvalue weighted by Gasteiger charge is 2.13. The molecule has 1 atom stereocenters. The van der Waals surface area contributed by atoms with E-state index < -0.39 is 0 Å². The Hall–Kier alpha value is -1.59. The first kappa shape index (κ1) is 18.7. The Morgan fingerprint density at radius 3 is 2.71 bits per heavy atom. The molecule has 1 aromatic rings. The lowest BCUT2D eigenvalue weighted by atomic mass is 10.0. The van der Waals surface area contributed by atoms with Gasteiger partial charge in [-0.1, -0.05) is 37.3 Å². The molecule has 1 aromatic carbocycles. The van der Waals surface area contributed by atoms with Crippen molar-refractivity contribution in [1.82, 2.24) is 10.6 Å². The number of aliphatic imine (C=N–C) groups is 1. The maximum atomic E-state index is 5.87. The second kappa shape index (κ2) is 11.0. The van der Waals surface area contributed by atoms with E-state index in [1.165, 1.54) is 5.56 Å². The van der Waals surface area contributed by atoms with E-state index in [0.29, 0.717) is 12.0 Å². The molecule has 1 aliphatic rings. The van der Waals surface area contributed by atoms with Crippen LogP contribution in [0.5, 0.6) is 0 Å². The highest BCUT2D eigenvalue weighted by molar-refractivity contribution is 5.79. The molecule has 0 aliphatic carbocycles. The van der Waals surface area contributed by atoms with E-state index in [2.05, 4.69) is 46.8 Å². The Kier molecular flexibility index (Phi) is 8.63. The lowest BCUT2D eigenvalue weighted by Crippen LogP contribution is -2.39. The SMILES string of the molecule is CN=C(NCCCOC1CCOCC1)NCC(C)c1ccccc1. The molecule has 2 rings (SSSR count). The van der Waals surface area contributed by atoms with Crippen LogP contribution in [0, 0.1) is 0 Å². The summed E-state index contributed by atoms with van der Waals surface area (Å²) < 4.78 is 11.2. The highest BCUT2D eigenvalue weighted by Crippen LogP contribution is 2.13. The summed E-state index contributed by atoms with van der Waals surface area (Å²) in [7, 11) is 1.81. The number of nitrogens with one attached hydrogen (secondary N) is 2. The van der Waals surface area contributed by atoms with Crippen LogP contribution in [0.2, 0.25) is 0 Å². The van der Waals surface area contributed by atoms with Gasteiger partial charge in [0.25, 0.3) is 0 Å². The maximum Gasteiger partial charge on any atom is 0.190 e. The minimum Gasteiger partial charge on any atom is -0.381 e. The van der Waals surface area contributed by atoms with Crippen LogP contribution in [0.3, 0.4) is 0 Å². The first-order valence-electron chi connectivity index (χ1n) is 8.98. The summed E-state index contributed by atoms with van der Waals surface area (Å²) >= 11 is 0. The number of guanidine groups is 1. The fraction of sp³-hybridized carbons (Fsp3) is 0.632. The van der Waals surface area contributed by atoms with Gasteiger partial charge in [0.1, 0.15) is 0 Å². The zero-order valence-corrected chi connectivity index (χ0v) is 15.0. The van der Waals surface area contributed by atoms with Gasteiger partial charge in [-0.15, -0.1) is 0 Å². The monoisotopic (exact) mass is 333 g/mol. The van der Waals surface area contributed by atoms with Crippen molar-refractivity contribution in [2.24, 2.45) is 4.99 Å². The molecule has 0 bridgehead atoms. The summed E-state index contributed by atoms with van der Waals surface area (Å²) in [5.41, 5.74) is 1.34. The molecule has 2 N–H and O–H groups in total. The Bertz CT molecular complexity index is 473. The van der Waals surface area contributed by atoms with E-state index in [1.807, 2.05) is 6.07 Å². The molecule has 24 heavy (non-hydrogen) atoms. The third kappa shape index (κ3) is 6.89. The van der Waals surface area contributed by atoms with Gasteiger partial charge < -0.3 is 20.1 Å². The largest absolute Gasteiger partial charge is 0.381 e. The van der Waals surface area contributed by atoms with Crippen LogP contribution in [0.15, 0.2) is 35.3 Å². The summed E-state index contributed by atoms with van der Waals surface area (Å²) in [6, 6.07) is 10.5. The van der Waals surface area contributed by atoms with E-state index >= 15 is 0 Å². The predicted octanol–water partition coefficient (Wildman–Crippen LogP) is 2.54. The van der Waals surface area contributed by atoms with E-state index in [1.54, 1.807) is 7.05 Å². The number of benzene rings is 1. The molecule has 0 saturated carbocycles. The minimum atomic E-state index is 0.378. The van der Waals surface area contributed by atoms with Crippen molar-refractivity contribution in [3.63, 3.8) is 0 Å². The van der Waals surface area contributed by atoms with Crippen molar-refractivity contribution in [3.05, 3.63) is 35.9 Å². The Balaban J connectivity index is 1.57. The molecule has 1 unspecified atom stereocenters. The number of ether oxygens (including phenoxy) is 2. The zero-order valence-electron chi connectivity index (χ0n) is 15.0. The fourth-order valence-corrected chi connectivity index (χ4v) is 2.74. The molecule has 1 fully saturated rings. The molecule has 0 radical (unpaired) electrons. The predicted molar refractivity (Wildman–Crippen MR) is 98.6 cm³/mol. The molecule has 0 aromatic heterocycles. The van der Waals surface area contributed by atoms with E-state index in [4.69, 9.17) is 9.47 Å². The fourth-order valence-electron chi connectivity index (χ4n) is 2.74. The van der Waals surface area contributed by atoms with Gasteiger partial charge in [-0.25, -0.2) is 0 Å². The van der Waals surface area contributed by atoms with Crippen LogP contribution in [0.25, 0.3) is 0 Å². The van der Waals surface area contributed by atoms with E-state index in [-0.39, 0.29) is 0 Å². The first-order chi connectivity index (χ1) is 11.8. The molecule has 5 nitrogen and oxygen atoms in total. The molecule has 1 aliphatic heterocycles. The van der Waals surface area contributed by atoms with Crippen molar-refractivity contribution < 1.29 is 9.47 Å². The summed E-state index contributed by atoms with van der Waals surface area (Å²) in [5.74, 6) is 1.30. The van der Waals surface area contributed by atoms with E-state index in [9.17, 15) is 0 Å². The van der Waals surface area contributed by atoms with Crippen LogP contribution in [0.1, 0.15) is 37.7 Å². The standard InChI is InChI=1S/C19H31N3O2/c1-16(17-7-4-3-5-8-17)15-22-19(20-2)21-11-6-12-24-18-9-13-23-14-10-18/h3-5,7-8,16,18H,6,9-15H2,1-2H3,(H2,20,21,22). The number of nitrogens with zero attached hydrogens (tertiary/aromatic N) is 1. The van der Waals surface area contributed by atoms with Crippen molar-refractivity contribution in [3.8, 4) is 0 Å². The average molecular weight is 333 g/mol. The van der Waals surface area contributed by atoms with Crippen molar-refractivity contribution in [1.29, 1.82) is 0 Å². The summed E-state index contributed by atoms with van der Waals surface area (Å²) in [4.78, 5) is 4.28. The first-order valence-corrected chi connectivity index (χ1v) is 8.98. The lowest BCUT2D eigenvalue weighted by molar-refractivity contribution is -0.0320. The minimum absolute atomic E-state index is 0.378. The van der Waals surface area contributed by atoms with Gasteiger partial charge in [-0.05, 0) is 30.7 Å². The van der Waals surface area contributed by atoms with Gasteiger partial charge in [0.2, 0.25) is 0 Å². The maximum absolute atomic E-state index is 5.87. The van der Waals surface area contributed by atoms with Gasteiger partial charge in [0, 0.05) is 40.0 Å². The smallest absolute Gasteiger partial charge is 0.190 e. The van der Waals surface area contributed by atoms with Gasteiger partial charge in [-0.3, -0.25) is 4.99 Å². The second-order valence-corrected chi connectivity index (χ2v) is 6.23. The van der Waals surface area contributed by atoms with Crippen molar-refractivity contribution >= 4 is 5.96 Å². The van der Waals surface area contributed by atoms with E-state index in [0.717, 1.165) is 58.1 Å². The molecule has 5 heteroatoms. The zero-order chi connectivity index (χ0) is 17.0. The number of hydrogen-bond acceptors (Lipinski definition) is 3. The molecule has 0 spiro atoms. The summed E-state index contributed by atoms with van der Waals surface area (Å²) in [6.45, 7) is 6.40. The van der Waals surface area contributed by atoms with Gasteiger partial charge in [-0.2, -0.15) is 0 Å². The quantitative estimate of drug-likeness (QED) is 0.436. The van der Waals surface area contributed by atoms with Crippen LogP contribution in [-0.2, 0) is 9.47 Å². The van der Waals surface area contributed by atoms with Gasteiger partial charge in [0.15, 0.2) is 5.96 Å². The third-order valence-electron chi connectivity index (χ3n) is 4.30. The molecule has 0 amide bonds. The van der Waals surface area contributed by atoms with Gasteiger partial charge >= 0.3 is 0 Å². The normalized spacial score (nSPS) is 17.5. The summed E-state index contributed by atoms with van der Waals surface area (Å²) in [6.07, 6.45) is 3.40. The van der Waals surface area contributed by atoms with Gasteiger partial charge in [0.05, 0.1) is 6.10 Å². The molecule has 1 saturated heterocycles. The number of hydrogen-bond donors (Lipinski definition) is 2. The number of rotatable bonds is 8. The average Bonchev–Trinajstić information content (AvgIpc) is 2.65. The van der Waals surface area contributed by atoms with Crippen LogP contribution in [0.4, 0.5) is 0 Å².